The van der Waals surface area contributed by atoms with E-state index in [9.17, 15) is 9.59 Å². The van der Waals surface area contributed by atoms with Crippen molar-refractivity contribution in [2.45, 2.75) is 40.2 Å². The van der Waals surface area contributed by atoms with E-state index >= 15 is 0 Å². The van der Waals surface area contributed by atoms with E-state index in [1.54, 1.807) is 11.8 Å². The Balaban J connectivity index is 2.42. The number of ether oxygens (including phenoxy) is 1. The molecule has 0 saturated carbocycles. The van der Waals surface area contributed by atoms with Crippen LogP contribution in [0.5, 0.6) is 0 Å². The molecule has 0 saturated heterocycles. The highest BCUT2D eigenvalue weighted by atomic mass is 16.5. The lowest BCUT2D eigenvalue weighted by Crippen LogP contribution is -2.36. The molecule has 0 radical (unpaired) electrons. The van der Waals surface area contributed by atoms with Gasteiger partial charge in [0, 0.05) is 31.1 Å². The predicted molar refractivity (Wildman–Crippen MR) is 94.0 cm³/mol. The third-order valence-corrected chi connectivity index (χ3v) is 3.68. The summed E-state index contributed by atoms with van der Waals surface area (Å²) in [5.41, 5.74) is 2.12. The van der Waals surface area contributed by atoms with Crippen LogP contribution in [0, 0.1) is 13.8 Å². The molecule has 1 N–H and O–H groups in total. The van der Waals surface area contributed by atoms with Crippen molar-refractivity contribution in [3.8, 4) is 5.95 Å². The Morgan fingerprint density at radius 1 is 1.32 bits per heavy atom. The first kappa shape index (κ1) is 18.9. The number of aryl methyl sites for hydroxylation is 3. The molecular formula is C17H25N5O3. The molecule has 2 aromatic heterocycles. The van der Waals surface area contributed by atoms with E-state index in [1.807, 2.05) is 26.8 Å². The predicted octanol–water partition coefficient (Wildman–Crippen LogP) is 0.761. The number of carbonyl (C=O) groups is 1. The molecule has 0 aliphatic rings. The summed E-state index contributed by atoms with van der Waals surface area (Å²) >= 11 is 0. The van der Waals surface area contributed by atoms with Gasteiger partial charge in [0.15, 0.2) is 0 Å². The largest absolute Gasteiger partial charge is 0.383 e. The molecule has 0 fully saturated rings. The van der Waals surface area contributed by atoms with Gasteiger partial charge in [0.25, 0.3) is 5.56 Å². The number of hydrogen-bond acceptors (Lipinski definition) is 5. The van der Waals surface area contributed by atoms with E-state index in [2.05, 4.69) is 15.4 Å². The molecule has 8 nitrogen and oxygen atoms in total. The van der Waals surface area contributed by atoms with Crippen LogP contribution in [0.25, 0.3) is 5.95 Å². The van der Waals surface area contributed by atoms with Gasteiger partial charge in [0.1, 0.15) is 6.54 Å². The van der Waals surface area contributed by atoms with Gasteiger partial charge in [-0.15, -0.1) is 0 Å². The number of carbonyl (C=O) groups excluding carboxylic acids is 1. The third-order valence-electron chi connectivity index (χ3n) is 3.68. The van der Waals surface area contributed by atoms with Gasteiger partial charge in [-0.2, -0.15) is 5.10 Å². The van der Waals surface area contributed by atoms with Gasteiger partial charge in [-0.05, 0) is 26.3 Å². The fourth-order valence-corrected chi connectivity index (χ4v) is 2.56. The molecule has 0 atom stereocenters. The van der Waals surface area contributed by atoms with Crippen LogP contribution >= 0.6 is 0 Å². The molecule has 0 aliphatic carbocycles. The number of methoxy groups -OCH3 is 1. The lowest BCUT2D eigenvalue weighted by molar-refractivity contribution is -0.121. The summed E-state index contributed by atoms with van der Waals surface area (Å²) in [6.07, 6.45) is 1.58. The normalized spacial score (nSPS) is 10.9. The van der Waals surface area contributed by atoms with Gasteiger partial charge in [-0.3, -0.25) is 14.2 Å². The Labute approximate surface area is 146 Å². The highest BCUT2D eigenvalue weighted by molar-refractivity contribution is 5.75. The highest BCUT2D eigenvalue weighted by Gasteiger charge is 2.16. The molecule has 136 valence electrons. The molecule has 0 bridgehead atoms. The van der Waals surface area contributed by atoms with E-state index in [1.165, 1.54) is 10.6 Å². The first-order valence-corrected chi connectivity index (χ1v) is 8.36. The number of amides is 1. The summed E-state index contributed by atoms with van der Waals surface area (Å²) in [6, 6.07) is 3.39. The lowest BCUT2D eigenvalue weighted by Gasteiger charge is -2.14. The summed E-state index contributed by atoms with van der Waals surface area (Å²) in [7, 11) is 1.56. The quantitative estimate of drug-likeness (QED) is 0.712. The average molecular weight is 347 g/mol. The summed E-state index contributed by atoms with van der Waals surface area (Å²) in [5, 5.41) is 7.13. The van der Waals surface area contributed by atoms with E-state index in [0.29, 0.717) is 31.2 Å². The first-order valence-electron chi connectivity index (χ1n) is 8.36. The highest BCUT2D eigenvalue weighted by Crippen LogP contribution is 2.10. The standard InChI is InChI=1S/C17H25N5O3/c1-5-6-14-10-16(24)21(11-15(23)18-7-8-25-4)17(19-14)22-13(3)9-12(2)20-22/h9-10H,5-8,11H2,1-4H3,(H,18,23). The zero-order valence-electron chi connectivity index (χ0n) is 15.2. The zero-order chi connectivity index (χ0) is 18.4. The first-order chi connectivity index (χ1) is 12.0. The second kappa shape index (κ2) is 8.57. The maximum absolute atomic E-state index is 12.6. The smallest absolute Gasteiger partial charge is 0.255 e. The van der Waals surface area contributed by atoms with Gasteiger partial charge in [-0.25, -0.2) is 9.67 Å². The molecule has 0 spiro atoms. The van der Waals surface area contributed by atoms with Gasteiger partial charge >= 0.3 is 0 Å². The molecule has 2 rings (SSSR count). The summed E-state index contributed by atoms with van der Waals surface area (Å²) in [6.45, 7) is 6.48. The molecule has 0 unspecified atom stereocenters. The molecule has 0 aromatic carbocycles. The molecule has 2 aromatic rings. The fraction of sp³-hybridized carbons (Fsp3) is 0.529. The number of rotatable bonds is 8. The van der Waals surface area contributed by atoms with Crippen molar-refractivity contribution in [1.82, 2.24) is 24.6 Å². The van der Waals surface area contributed by atoms with Crippen molar-refractivity contribution < 1.29 is 9.53 Å². The van der Waals surface area contributed by atoms with Crippen LogP contribution in [0.1, 0.15) is 30.4 Å². The zero-order valence-corrected chi connectivity index (χ0v) is 15.2. The fourth-order valence-electron chi connectivity index (χ4n) is 2.56. The Kier molecular flexibility index (Phi) is 6.46. The molecule has 8 heteroatoms. The van der Waals surface area contributed by atoms with E-state index in [4.69, 9.17) is 4.74 Å². The van der Waals surface area contributed by atoms with Gasteiger partial charge in [0.2, 0.25) is 11.9 Å². The van der Waals surface area contributed by atoms with Crippen LogP contribution in [-0.4, -0.2) is 45.5 Å². The van der Waals surface area contributed by atoms with Gasteiger partial charge in [0.05, 0.1) is 12.3 Å². The molecular weight excluding hydrogens is 322 g/mol. The topological polar surface area (TPSA) is 91.0 Å². The Morgan fingerprint density at radius 3 is 2.68 bits per heavy atom. The Morgan fingerprint density at radius 2 is 2.08 bits per heavy atom. The molecule has 1 amide bonds. The minimum Gasteiger partial charge on any atom is -0.383 e. The monoisotopic (exact) mass is 347 g/mol. The molecule has 0 aliphatic heterocycles. The second-order valence-corrected chi connectivity index (χ2v) is 5.90. The van der Waals surface area contributed by atoms with Crippen molar-refractivity contribution in [1.29, 1.82) is 0 Å². The SMILES string of the molecule is CCCc1cc(=O)n(CC(=O)NCCOC)c(-n2nc(C)cc2C)n1. The summed E-state index contributed by atoms with van der Waals surface area (Å²) < 4.78 is 7.87. The van der Waals surface area contributed by atoms with Crippen molar-refractivity contribution in [2.75, 3.05) is 20.3 Å². The molecule has 2 heterocycles. The summed E-state index contributed by atoms with van der Waals surface area (Å²) in [5.74, 6) is 0.0930. The van der Waals surface area contributed by atoms with E-state index < -0.39 is 0 Å². The number of nitrogens with zero attached hydrogens (tertiary/aromatic N) is 4. The van der Waals surface area contributed by atoms with Crippen LogP contribution in [-0.2, 0) is 22.5 Å². The average Bonchev–Trinajstić information content (AvgIpc) is 2.88. The second-order valence-electron chi connectivity index (χ2n) is 5.90. The minimum absolute atomic E-state index is 0.115. The van der Waals surface area contributed by atoms with E-state index in [-0.39, 0.29) is 18.0 Å². The van der Waals surface area contributed by atoms with Crippen LogP contribution < -0.4 is 10.9 Å². The van der Waals surface area contributed by atoms with Crippen molar-refractivity contribution >= 4 is 5.91 Å². The van der Waals surface area contributed by atoms with Crippen LogP contribution in [0.3, 0.4) is 0 Å². The third kappa shape index (κ3) is 4.76. The maximum Gasteiger partial charge on any atom is 0.255 e. The van der Waals surface area contributed by atoms with Crippen molar-refractivity contribution in [2.24, 2.45) is 0 Å². The van der Waals surface area contributed by atoms with E-state index in [0.717, 1.165) is 17.8 Å². The van der Waals surface area contributed by atoms with Crippen LogP contribution in [0.15, 0.2) is 16.9 Å². The van der Waals surface area contributed by atoms with Gasteiger partial charge < -0.3 is 10.1 Å². The van der Waals surface area contributed by atoms with Crippen molar-refractivity contribution in [3.63, 3.8) is 0 Å². The summed E-state index contributed by atoms with van der Waals surface area (Å²) in [4.78, 5) is 29.3. The maximum atomic E-state index is 12.6. The van der Waals surface area contributed by atoms with Gasteiger partial charge in [-0.1, -0.05) is 13.3 Å². The van der Waals surface area contributed by atoms with Crippen molar-refractivity contribution in [3.05, 3.63) is 39.6 Å². The van der Waals surface area contributed by atoms with Crippen LogP contribution in [0.4, 0.5) is 0 Å². The lowest BCUT2D eigenvalue weighted by atomic mass is 10.2. The number of nitrogens with one attached hydrogen (secondary N) is 1. The Bertz CT molecular complexity index is 794. The minimum atomic E-state index is -0.271. The Hall–Kier alpha value is -2.48. The number of aromatic nitrogens is 4. The number of hydrogen-bond donors (Lipinski definition) is 1. The molecule has 25 heavy (non-hydrogen) atoms. The van der Waals surface area contributed by atoms with Crippen LogP contribution in [0.2, 0.25) is 0 Å².